The van der Waals surface area contributed by atoms with Gasteiger partial charge in [0, 0.05) is 50.4 Å². The van der Waals surface area contributed by atoms with E-state index < -0.39 is 0 Å². The summed E-state index contributed by atoms with van der Waals surface area (Å²) < 4.78 is 1.88. The van der Waals surface area contributed by atoms with Gasteiger partial charge < -0.3 is 4.90 Å². The van der Waals surface area contributed by atoms with Crippen molar-refractivity contribution >= 4 is 5.91 Å². The third-order valence-corrected chi connectivity index (χ3v) is 4.19. The number of likely N-dealkylation sites (tertiary alicyclic amines) is 1. The summed E-state index contributed by atoms with van der Waals surface area (Å²) in [5.74, 6) is 0.407. The summed E-state index contributed by atoms with van der Waals surface area (Å²) in [6.07, 6.45) is 9.46. The number of hydrogen-bond acceptors (Lipinski definition) is 4. The summed E-state index contributed by atoms with van der Waals surface area (Å²) in [6, 6.07) is 0. The van der Waals surface area contributed by atoms with Crippen molar-refractivity contribution in [2.45, 2.75) is 39.2 Å². The van der Waals surface area contributed by atoms with Crippen molar-refractivity contribution in [3.05, 3.63) is 30.5 Å². The van der Waals surface area contributed by atoms with Gasteiger partial charge in [0.25, 0.3) is 0 Å². The number of amides is 1. The van der Waals surface area contributed by atoms with E-state index in [-0.39, 0.29) is 11.8 Å². The number of rotatable bonds is 3. The van der Waals surface area contributed by atoms with E-state index >= 15 is 0 Å². The van der Waals surface area contributed by atoms with Crippen LogP contribution in [0.2, 0.25) is 0 Å². The van der Waals surface area contributed by atoms with Gasteiger partial charge in [-0.3, -0.25) is 14.5 Å². The second kappa shape index (κ2) is 6.25. The van der Waals surface area contributed by atoms with Gasteiger partial charge in [-0.15, -0.1) is 0 Å². The fraction of sp³-hybridized carbons (Fsp3) is 0.500. The fourth-order valence-electron chi connectivity index (χ4n) is 2.89. The molecule has 3 rings (SSSR count). The fourth-order valence-corrected chi connectivity index (χ4v) is 2.89. The Kier molecular flexibility index (Phi) is 4.18. The Morgan fingerprint density at radius 2 is 2.23 bits per heavy atom. The van der Waals surface area contributed by atoms with E-state index in [2.05, 4.69) is 17.0 Å². The van der Waals surface area contributed by atoms with Crippen molar-refractivity contribution in [3.63, 3.8) is 0 Å². The Morgan fingerprint density at radius 3 is 2.95 bits per heavy atom. The zero-order valence-electron chi connectivity index (χ0n) is 13.1. The highest BCUT2D eigenvalue weighted by molar-refractivity contribution is 5.73. The zero-order valence-corrected chi connectivity index (χ0v) is 13.1. The SMILES string of the molecule is CCn1cc(-c2cncc(C3CCCN(C(C)=O)C3)n2)cn1. The van der Waals surface area contributed by atoms with E-state index in [1.54, 1.807) is 13.1 Å². The normalized spacial score (nSPS) is 18.5. The van der Waals surface area contributed by atoms with Crippen LogP contribution in [0.5, 0.6) is 0 Å². The van der Waals surface area contributed by atoms with Crippen LogP contribution in [0.4, 0.5) is 0 Å². The molecule has 0 radical (unpaired) electrons. The second-order valence-electron chi connectivity index (χ2n) is 5.72. The van der Waals surface area contributed by atoms with Crippen LogP contribution in [0.15, 0.2) is 24.8 Å². The first-order chi connectivity index (χ1) is 10.7. The summed E-state index contributed by atoms with van der Waals surface area (Å²) in [4.78, 5) is 22.6. The number of aryl methyl sites for hydroxylation is 1. The highest BCUT2D eigenvalue weighted by Gasteiger charge is 2.24. The minimum Gasteiger partial charge on any atom is -0.342 e. The van der Waals surface area contributed by atoms with E-state index in [9.17, 15) is 4.79 Å². The molecule has 3 heterocycles. The van der Waals surface area contributed by atoms with Crippen LogP contribution in [0.1, 0.15) is 38.3 Å². The first kappa shape index (κ1) is 14.7. The molecular formula is C16H21N5O. The van der Waals surface area contributed by atoms with Crippen LogP contribution in [0.3, 0.4) is 0 Å². The predicted molar refractivity (Wildman–Crippen MR) is 83.2 cm³/mol. The van der Waals surface area contributed by atoms with Crippen LogP contribution in [0, 0.1) is 0 Å². The van der Waals surface area contributed by atoms with E-state index in [1.165, 1.54) is 0 Å². The third kappa shape index (κ3) is 3.00. The molecule has 1 aliphatic heterocycles. The van der Waals surface area contributed by atoms with Crippen LogP contribution in [-0.4, -0.2) is 43.6 Å². The lowest BCUT2D eigenvalue weighted by Gasteiger charge is -2.31. The van der Waals surface area contributed by atoms with Crippen LogP contribution < -0.4 is 0 Å². The van der Waals surface area contributed by atoms with E-state index in [0.29, 0.717) is 0 Å². The molecule has 2 aromatic rings. The highest BCUT2D eigenvalue weighted by atomic mass is 16.2. The molecule has 1 saturated heterocycles. The molecule has 1 atom stereocenters. The molecule has 2 aromatic heterocycles. The number of nitrogens with zero attached hydrogens (tertiary/aromatic N) is 5. The standard InChI is InChI=1S/C16H21N5O/c1-3-21-11-14(7-18-21)16-9-17-8-15(19-16)13-5-4-6-20(10-13)12(2)22/h7-9,11,13H,3-6,10H2,1-2H3. The van der Waals surface area contributed by atoms with Crippen LogP contribution in [0.25, 0.3) is 11.3 Å². The van der Waals surface area contributed by atoms with Crippen molar-refractivity contribution in [3.8, 4) is 11.3 Å². The maximum Gasteiger partial charge on any atom is 0.219 e. The average molecular weight is 299 g/mol. The Labute approximate surface area is 130 Å². The van der Waals surface area contributed by atoms with E-state index in [0.717, 1.165) is 49.4 Å². The molecule has 116 valence electrons. The maximum absolute atomic E-state index is 11.6. The largest absolute Gasteiger partial charge is 0.342 e. The van der Waals surface area contributed by atoms with Gasteiger partial charge >= 0.3 is 0 Å². The van der Waals surface area contributed by atoms with Crippen molar-refractivity contribution in [2.75, 3.05) is 13.1 Å². The number of piperidine rings is 1. The Hall–Kier alpha value is -2.24. The van der Waals surface area contributed by atoms with Crippen LogP contribution in [-0.2, 0) is 11.3 Å². The topological polar surface area (TPSA) is 63.9 Å². The van der Waals surface area contributed by atoms with Gasteiger partial charge in [0.2, 0.25) is 5.91 Å². The molecule has 6 heteroatoms. The molecule has 1 amide bonds. The highest BCUT2D eigenvalue weighted by Crippen LogP contribution is 2.26. The number of hydrogen-bond donors (Lipinski definition) is 0. The maximum atomic E-state index is 11.6. The lowest BCUT2D eigenvalue weighted by molar-refractivity contribution is -0.130. The minimum absolute atomic E-state index is 0.137. The first-order valence-electron chi connectivity index (χ1n) is 7.77. The Balaban J connectivity index is 1.83. The van der Waals surface area contributed by atoms with Crippen LogP contribution >= 0.6 is 0 Å². The van der Waals surface area contributed by atoms with Gasteiger partial charge in [0.15, 0.2) is 0 Å². The van der Waals surface area contributed by atoms with Gasteiger partial charge in [-0.05, 0) is 19.8 Å². The molecule has 0 bridgehead atoms. The molecule has 1 unspecified atom stereocenters. The molecule has 6 nitrogen and oxygen atoms in total. The zero-order chi connectivity index (χ0) is 15.5. The van der Waals surface area contributed by atoms with E-state index in [1.807, 2.05) is 28.2 Å². The van der Waals surface area contributed by atoms with Crippen molar-refractivity contribution in [1.82, 2.24) is 24.6 Å². The molecule has 1 fully saturated rings. The minimum atomic E-state index is 0.137. The number of carbonyl (C=O) groups excluding carboxylic acids is 1. The molecule has 0 N–H and O–H groups in total. The van der Waals surface area contributed by atoms with Gasteiger partial charge in [-0.1, -0.05) is 0 Å². The lowest BCUT2D eigenvalue weighted by Crippen LogP contribution is -2.37. The summed E-state index contributed by atoms with van der Waals surface area (Å²) >= 11 is 0. The van der Waals surface area contributed by atoms with Gasteiger partial charge in [-0.25, -0.2) is 4.98 Å². The summed E-state index contributed by atoms with van der Waals surface area (Å²) in [7, 11) is 0. The first-order valence-corrected chi connectivity index (χ1v) is 7.77. The summed E-state index contributed by atoms with van der Waals surface area (Å²) in [5, 5.41) is 4.28. The van der Waals surface area contributed by atoms with Crippen molar-refractivity contribution in [1.29, 1.82) is 0 Å². The van der Waals surface area contributed by atoms with Gasteiger partial charge in [0.05, 0.1) is 23.8 Å². The molecule has 0 aliphatic carbocycles. The second-order valence-corrected chi connectivity index (χ2v) is 5.72. The van der Waals surface area contributed by atoms with Crippen molar-refractivity contribution < 1.29 is 4.79 Å². The lowest BCUT2D eigenvalue weighted by atomic mass is 9.95. The van der Waals surface area contributed by atoms with Gasteiger partial charge in [0.1, 0.15) is 0 Å². The Morgan fingerprint density at radius 1 is 1.36 bits per heavy atom. The number of aromatic nitrogens is 4. The Bertz CT molecular complexity index is 666. The molecule has 0 saturated carbocycles. The average Bonchev–Trinajstić information content (AvgIpc) is 3.04. The monoisotopic (exact) mass is 299 g/mol. The predicted octanol–water partition coefficient (Wildman–Crippen LogP) is 2.09. The number of carbonyl (C=O) groups is 1. The third-order valence-electron chi connectivity index (χ3n) is 4.19. The summed E-state index contributed by atoms with van der Waals surface area (Å²) in [5.41, 5.74) is 2.79. The molecule has 22 heavy (non-hydrogen) atoms. The van der Waals surface area contributed by atoms with E-state index in [4.69, 9.17) is 4.98 Å². The summed E-state index contributed by atoms with van der Waals surface area (Å²) in [6.45, 7) is 6.11. The molecule has 1 aliphatic rings. The van der Waals surface area contributed by atoms with Gasteiger partial charge in [-0.2, -0.15) is 5.10 Å². The molecule has 0 aromatic carbocycles. The molecule has 0 spiro atoms. The molecular weight excluding hydrogens is 278 g/mol. The van der Waals surface area contributed by atoms with Crippen molar-refractivity contribution in [2.24, 2.45) is 0 Å². The smallest absolute Gasteiger partial charge is 0.219 e. The quantitative estimate of drug-likeness (QED) is 0.870.